The fourth-order valence-corrected chi connectivity index (χ4v) is 4.14. The normalized spacial score (nSPS) is 18.2. The SMILES string of the molecule is CC(C)N1CCC(=NNC(=O)CCCCCCC(=O)NN=C2CCN(C(C)C)CC2)CC1. The molecule has 8 heteroatoms. The molecule has 8 nitrogen and oxygen atoms in total. The second kappa shape index (κ2) is 14.4. The summed E-state index contributed by atoms with van der Waals surface area (Å²) in [7, 11) is 0. The molecule has 32 heavy (non-hydrogen) atoms. The van der Waals surface area contributed by atoms with Gasteiger partial charge in [0.2, 0.25) is 11.8 Å². The second-order valence-corrected chi connectivity index (χ2v) is 9.60. The zero-order chi connectivity index (χ0) is 23.3. The summed E-state index contributed by atoms with van der Waals surface area (Å²) >= 11 is 0. The van der Waals surface area contributed by atoms with E-state index < -0.39 is 0 Å². The Morgan fingerprint density at radius 1 is 0.688 bits per heavy atom. The monoisotopic (exact) mass is 448 g/mol. The van der Waals surface area contributed by atoms with Gasteiger partial charge in [0.05, 0.1) is 0 Å². The minimum atomic E-state index is -0.0131. The molecule has 2 heterocycles. The zero-order valence-electron chi connectivity index (χ0n) is 20.7. The van der Waals surface area contributed by atoms with E-state index in [0.717, 1.165) is 89.0 Å². The minimum absolute atomic E-state index is 0.0131. The number of rotatable bonds is 11. The fourth-order valence-electron chi connectivity index (χ4n) is 4.14. The molecule has 0 aliphatic carbocycles. The maximum absolute atomic E-state index is 12.0. The molecule has 0 radical (unpaired) electrons. The summed E-state index contributed by atoms with van der Waals surface area (Å²) in [6, 6.07) is 1.14. The number of unbranched alkanes of at least 4 members (excludes halogenated alkanes) is 3. The van der Waals surface area contributed by atoms with Crippen LogP contribution in [-0.2, 0) is 9.59 Å². The van der Waals surface area contributed by atoms with E-state index in [4.69, 9.17) is 0 Å². The largest absolute Gasteiger partial charge is 0.300 e. The first-order chi connectivity index (χ1) is 15.3. The van der Waals surface area contributed by atoms with Crippen LogP contribution in [0.3, 0.4) is 0 Å². The lowest BCUT2D eigenvalue weighted by molar-refractivity contribution is -0.122. The van der Waals surface area contributed by atoms with Crippen LogP contribution in [0.2, 0.25) is 0 Å². The molecule has 0 unspecified atom stereocenters. The molecule has 0 aromatic heterocycles. The van der Waals surface area contributed by atoms with Crippen molar-refractivity contribution in [3.63, 3.8) is 0 Å². The summed E-state index contributed by atoms with van der Waals surface area (Å²) in [6.07, 6.45) is 8.25. The lowest BCUT2D eigenvalue weighted by atomic mass is 10.1. The van der Waals surface area contributed by atoms with E-state index in [1.807, 2.05) is 0 Å². The number of carbonyl (C=O) groups is 2. The van der Waals surface area contributed by atoms with Gasteiger partial charge >= 0.3 is 0 Å². The molecule has 0 aromatic carbocycles. The zero-order valence-corrected chi connectivity index (χ0v) is 20.7. The van der Waals surface area contributed by atoms with Crippen LogP contribution in [0.1, 0.15) is 91.9 Å². The van der Waals surface area contributed by atoms with Crippen LogP contribution >= 0.6 is 0 Å². The summed E-state index contributed by atoms with van der Waals surface area (Å²) in [5.41, 5.74) is 7.61. The first kappa shape index (κ1) is 26.5. The Labute approximate surface area is 194 Å². The maximum atomic E-state index is 12.0. The van der Waals surface area contributed by atoms with Crippen LogP contribution in [0, 0.1) is 0 Å². The van der Waals surface area contributed by atoms with Crippen molar-refractivity contribution in [1.29, 1.82) is 0 Å². The highest BCUT2D eigenvalue weighted by Gasteiger charge is 2.18. The predicted molar refractivity (Wildman–Crippen MR) is 131 cm³/mol. The molecule has 0 bridgehead atoms. The molecular weight excluding hydrogens is 404 g/mol. The Bertz CT molecular complexity index is 583. The van der Waals surface area contributed by atoms with Crippen molar-refractivity contribution in [1.82, 2.24) is 20.7 Å². The third kappa shape index (κ3) is 10.2. The van der Waals surface area contributed by atoms with Gasteiger partial charge in [0.25, 0.3) is 0 Å². The van der Waals surface area contributed by atoms with Gasteiger partial charge in [-0.3, -0.25) is 9.59 Å². The van der Waals surface area contributed by atoms with E-state index in [0.29, 0.717) is 24.9 Å². The highest BCUT2D eigenvalue weighted by molar-refractivity contribution is 5.87. The number of likely N-dealkylation sites (tertiary alicyclic amines) is 2. The van der Waals surface area contributed by atoms with E-state index in [1.54, 1.807) is 0 Å². The van der Waals surface area contributed by atoms with Gasteiger partial charge in [-0.25, -0.2) is 10.9 Å². The van der Waals surface area contributed by atoms with Gasteiger partial charge in [0.1, 0.15) is 0 Å². The number of carbonyl (C=O) groups excluding carboxylic acids is 2. The van der Waals surface area contributed by atoms with Crippen molar-refractivity contribution in [2.24, 2.45) is 10.2 Å². The van der Waals surface area contributed by atoms with Crippen molar-refractivity contribution in [2.45, 2.75) is 104 Å². The van der Waals surface area contributed by atoms with Crippen molar-refractivity contribution in [3.05, 3.63) is 0 Å². The molecule has 2 fully saturated rings. The van der Waals surface area contributed by atoms with Gasteiger partial charge in [-0.15, -0.1) is 0 Å². The van der Waals surface area contributed by atoms with Gasteiger partial charge in [-0.1, -0.05) is 12.8 Å². The molecule has 2 saturated heterocycles. The molecule has 182 valence electrons. The molecule has 0 atom stereocenters. The molecule has 2 amide bonds. The molecule has 0 aromatic rings. The third-order valence-corrected chi connectivity index (χ3v) is 6.45. The summed E-state index contributed by atoms with van der Waals surface area (Å²) in [4.78, 5) is 28.8. The van der Waals surface area contributed by atoms with Crippen LogP contribution in [0.4, 0.5) is 0 Å². The van der Waals surface area contributed by atoms with Gasteiger partial charge in [-0.05, 0) is 40.5 Å². The number of hydrogen-bond donors (Lipinski definition) is 2. The maximum Gasteiger partial charge on any atom is 0.240 e. The Balaban J connectivity index is 1.47. The minimum Gasteiger partial charge on any atom is -0.300 e. The molecule has 0 saturated carbocycles. The number of piperidine rings is 2. The van der Waals surface area contributed by atoms with Gasteiger partial charge in [0, 0.05) is 88.2 Å². The van der Waals surface area contributed by atoms with Gasteiger partial charge in [-0.2, -0.15) is 10.2 Å². The van der Waals surface area contributed by atoms with E-state index >= 15 is 0 Å². The number of hydrazone groups is 2. The summed E-state index contributed by atoms with van der Waals surface area (Å²) in [5.74, 6) is -0.0262. The summed E-state index contributed by atoms with van der Waals surface area (Å²) < 4.78 is 0. The van der Waals surface area contributed by atoms with Crippen LogP contribution in [0.25, 0.3) is 0 Å². The van der Waals surface area contributed by atoms with Crippen LogP contribution in [0.5, 0.6) is 0 Å². The lowest BCUT2D eigenvalue weighted by Crippen LogP contribution is -2.39. The number of nitrogens with one attached hydrogen (secondary N) is 2. The average Bonchev–Trinajstić information content (AvgIpc) is 2.79. The molecular formula is C24H44N6O2. The molecule has 2 N–H and O–H groups in total. The van der Waals surface area contributed by atoms with Crippen LogP contribution in [-0.4, -0.2) is 71.3 Å². The molecule has 2 rings (SSSR count). The predicted octanol–water partition coefficient (Wildman–Crippen LogP) is 3.28. The third-order valence-electron chi connectivity index (χ3n) is 6.45. The van der Waals surface area contributed by atoms with Crippen molar-refractivity contribution in [2.75, 3.05) is 26.2 Å². The van der Waals surface area contributed by atoms with E-state index in [-0.39, 0.29) is 11.8 Å². The Hall–Kier alpha value is -1.80. The summed E-state index contributed by atoms with van der Waals surface area (Å²) in [6.45, 7) is 12.9. The Kier molecular flexibility index (Phi) is 11.9. The topological polar surface area (TPSA) is 89.4 Å². The molecule has 0 spiro atoms. The van der Waals surface area contributed by atoms with E-state index in [1.165, 1.54) is 0 Å². The van der Waals surface area contributed by atoms with E-state index in [2.05, 4.69) is 58.5 Å². The average molecular weight is 449 g/mol. The number of nitrogens with zero attached hydrogens (tertiary/aromatic N) is 4. The van der Waals surface area contributed by atoms with Crippen LogP contribution in [0.15, 0.2) is 10.2 Å². The first-order valence-corrected chi connectivity index (χ1v) is 12.5. The first-order valence-electron chi connectivity index (χ1n) is 12.5. The Morgan fingerprint density at radius 2 is 1.03 bits per heavy atom. The number of amides is 2. The second-order valence-electron chi connectivity index (χ2n) is 9.60. The highest BCUT2D eigenvalue weighted by atomic mass is 16.2. The Morgan fingerprint density at radius 3 is 1.34 bits per heavy atom. The van der Waals surface area contributed by atoms with Gasteiger partial charge in [0.15, 0.2) is 0 Å². The molecule has 2 aliphatic heterocycles. The number of hydrogen-bond acceptors (Lipinski definition) is 6. The lowest BCUT2D eigenvalue weighted by Gasteiger charge is -2.30. The standard InChI is InChI=1S/C24H44N6O2/c1-19(2)29-15-11-21(12-16-29)25-27-23(31)9-7-5-6-8-10-24(32)28-26-22-13-17-30(18-14-22)20(3)4/h19-20H,5-18H2,1-4H3,(H,27,31)(H,28,32). The summed E-state index contributed by atoms with van der Waals surface area (Å²) in [5, 5.41) is 8.62. The van der Waals surface area contributed by atoms with Crippen molar-refractivity contribution >= 4 is 23.2 Å². The van der Waals surface area contributed by atoms with Crippen molar-refractivity contribution in [3.8, 4) is 0 Å². The van der Waals surface area contributed by atoms with Crippen LogP contribution < -0.4 is 10.9 Å². The highest BCUT2D eigenvalue weighted by Crippen LogP contribution is 2.11. The molecule has 2 aliphatic rings. The van der Waals surface area contributed by atoms with Gasteiger partial charge < -0.3 is 9.80 Å². The quantitative estimate of drug-likeness (QED) is 0.375. The van der Waals surface area contributed by atoms with Crippen molar-refractivity contribution < 1.29 is 9.59 Å². The van der Waals surface area contributed by atoms with E-state index in [9.17, 15) is 9.59 Å². The smallest absolute Gasteiger partial charge is 0.240 e. The fraction of sp³-hybridized carbons (Fsp3) is 0.833.